The fourth-order valence-electron chi connectivity index (χ4n) is 3.96. The molecule has 2 aromatic carbocycles. The van der Waals surface area contributed by atoms with Gasteiger partial charge in [0.1, 0.15) is 16.7 Å². The van der Waals surface area contributed by atoms with Crippen molar-refractivity contribution in [1.82, 2.24) is 9.88 Å². The van der Waals surface area contributed by atoms with Gasteiger partial charge in [0, 0.05) is 5.02 Å². The standard InChI is InChI=1S/C21H18ClFN4O2S/c22-12-8-14-13(15(23)9-12)6-7-16(14)27(20(29)17-10-26-21(25)30-17)18(19(24)28)11-4-2-1-3-5-11/h1-5,8-10,16,18H,6-7H2,(H2,24,28)(H2,25,26)/t16-,18?/m1/s1. The summed E-state index contributed by atoms with van der Waals surface area (Å²) in [6, 6.07) is 10.0. The first-order valence-corrected chi connectivity index (χ1v) is 10.4. The van der Waals surface area contributed by atoms with E-state index in [4.69, 9.17) is 23.1 Å². The Morgan fingerprint density at radius 2 is 2.00 bits per heavy atom. The molecule has 9 heteroatoms. The Bertz CT molecular complexity index is 1120. The number of nitrogens with zero attached hydrogens (tertiary/aromatic N) is 2. The van der Waals surface area contributed by atoms with E-state index < -0.39 is 29.7 Å². The monoisotopic (exact) mass is 444 g/mol. The molecular weight excluding hydrogens is 427 g/mol. The van der Waals surface area contributed by atoms with Gasteiger partial charge in [0.05, 0.1) is 12.2 Å². The summed E-state index contributed by atoms with van der Waals surface area (Å²) in [5, 5.41) is 0.456. The van der Waals surface area contributed by atoms with E-state index in [0.717, 1.165) is 11.3 Å². The number of fused-ring (bicyclic) bond motifs is 1. The summed E-state index contributed by atoms with van der Waals surface area (Å²) in [5.74, 6) is -1.57. The maximum atomic E-state index is 14.5. The van der Waals surface area contributed by atoms with Crippen LogP contribution in [-0.4, -0.2) is 21.7 Å². The number of hydrogen-bond acceptors (Lipinski definition) is 5. The van der Waals surface area contributed by atoms with Gasteiger partial charge in [-0.1, -0.05) is 53.3 Å². The molecule has 0 saturated carbocycles. The van der Waals surface area contributed by atoms with Gasteiger partial charge in [0.2, 0.25) is 5.91 Å². The van der Waals surface area contributed by atoms with Gasteiger partial charge >= 0.3 is 0 Å². The molecule has 4 rings (SSSR count). The summed E-state index contributed by atoms with van der Waals surface area (Å²) in [7, 11) is 0. The number of amides is 2. The molecule has 3 aromatic rings. The van der Waals surface area contributed by atoms with Crippen molar-refractivity contribution in [2.45, 2.75) is 24.9 Å². The van der Waals surface area contributed by atoms with E-state index in [2.05, 4.69) is 4.98 Å². The smallest absolute Gasteiger partial charge is 0.267 e. The van der Waals surface area contributed by atoms with Crippen LogP contribution in [0.15, 0.2) is 48.7 Å². The zero-order valence-corrected chi connectivity index (χ0v) is 17.3. The fraction of sp³-hybridized carbons (Fsp3) is 0.190. The van der Waals surface area contributed by atoms with Crippen molar-refractivity contribution in [3.8, 4) is 0 Å². The largest absolute Gasteiger partial charge is 0.375 e. The molecule has 0 spiro atoms. The molecule has 0 radical (unpaired) electrons. The average molecular weight is 445 g/mol. The normalized spacial score (nSPS) is 16.1. The minimum absolute atomic E-state index is 0.225. The molecule has 0 saturated heterocycles. The quantitative estimate of drug-likeness (QED) is 0.623. The van der Waals surface area contributed by atoms with Crippen LogP contribution >= 0.6 is 22.9 Å². The third-order valence-electron chi connectivity index (χ3n) is 5.19. The van der Waals surface area contributed by atoms with E-state index in [-0.39, 0.29) is 15.0 Å². The summed E-state index contributed by atoms with van der Waals surface area (Å²) in [6.07, 6.45) is 2.22. The van der Waals surface area contributed by atoms with Crippen LogP contribution < -0.4 is 11.5 Å². The summed E-state index contributed by atoms with van der Waals surface area (Å²) in [4.78, 5) is 31.8. The Labute approximate surface area is 181 Å². The van der Waals surface area contributed by atoms with Crippen molar-refractivity contribution in [3.63, 3.8) is 0 Å². The van der Waals surface area contributed by atoms with Gasteiger partial charge in [-0.15, -0.1) is 0 Å². The van der Waals surface area contributed by atoms with Crippen molar-refractivity contribution >= 4 is 39.9 Å². The molecule has 0 aliphatic heterocycles. The second-order valence-corrected chi connectivity index (χ2v) is 8.50. The molecule has 1 unspecified atom stereocenters. The molecule has 2 atom stereocenters. The lowest BCUT2D eigenvalue weighted by molar-refractivity contribution is -0.123. The number of halogens is 2. The first kappa shape index (κ1) is 20.3. The number of nitrogens with two attached hydrogens (primary N) is 2. The Kier molecular flexibility index (Phi) is 5.44. The first-order valence-electron chi connectivity index (χ1n) is 9.23. The van der Waals surface area contributed by atoms with Crippen LogP contribution in [0, 0.1) is 5.82 Å². The van der Waals surface area contributed by atoms with Crippen molar-refractivity contribution < 1.29 is 14.0 Å². The van der Waals surface area contributed by atoms with E-state index in [0.29, 0.717) is 29.5 Å². The van der Waals surface area contributed by atoms with Crippen molar-refractivity contribution in [2.24, 2.45) is 5.73 Å². The lowest BCUT2D eigenvalue weighted by Gasteiger charge is -2.35. The number of primary amides is 1. The second kappa shape index (κ2) is 8.04. The fourth-order valence-corrected chi connectivity index (χ4v) is 4.80. The molecule has 154 valence electrons. The average Bonchev–Trinajstić information content (AvgIpc) is 3.32. The first-order chi connectivity index (χ1) is 14.4. The lowest BCUT2D eigenvalue weighted by Crippen LogP contribution is -2.43. The van der Waals surface area contributed by atoms with E-state index in [1.54, 1.807) is 36.4 Å². The zero-order chi connectivity index (χ0) is 21.4. The molecule has 0 bridgehead atoms. The Morgan fingerprint density at radius 3 is 2.63 bits per heavy atom. The van der Waals surface area contributed by atoms with Gasteiger partial charge in [0.15, 0.2) is 5.13 Å². The summed E-state index contributed by atoms with van der Waals surface area (Å²) in [5.41, 5.74) is 13.1. The van der Waals surface area contributed by atoms with Gasteiger partial charge in [-0.3, -0.25) is 9.59 Å². The third-order valence-corrected chi connectivity index (χ3v) is 6.22. The molecule has 0 fully saturated rings. The molecule has 1 heterocycles. The van der Waals surface area contributed by atoms with E-state index in [9.17, 15) is 14.0 Å². The van der Waals surface area contributed by atoms with Crippen LogP contribution in [-0.2, 0) is 11.2 Å². The Morgan fingerprint density at radius 1 is 1.27 bits per heavy atom. The van der Waals surface area contributed by atoms with Crippen LogP contribution in [0.3, 0.4) is 0 Å². The van der Waals surface area contributed by atoms with E-state index in [1.807, 2.05) is 0 Å². The number of thiazole rings is 1. The van der Waals surface area contributed by atoms with Crippen molar-refractivity contribution in [2.75, 3.05) is 5.73 Å². The van der Waals surface area contributed by atoms with Crippen LogP contribution in [0.2, 0.25) is 5.02 Å². The molecule has 2 amide bonds. The van der Waals surface area contributed by atoms with Crippen molar-refractivity contribution in [3.05, 3.63) is 81.1 Å². The molecule has 30 heavy (non-hydrogen) atoms. The summed E-state index contributed by atoms with van der Waals surface area (Å²) < 4.78 is 14.5. The third kappa shape index (κ3) is 3.64. The summed E-state index contributed by atoms with van der Waals surface area (Å²) in [6.45, 7) is 0. The lowest BCUT2D eigenvalue weighted by atomic mass is 9.99. The van der Waals surface area contributed by atoms with Gasteiger partial charge in [-0.05, 0) is 41.7 Å². The van der Waals surface area contributed by atoms with Crippen LogP contribution in [0.1, 0.15) is 44.9 Å². The Balaban J connectivity index is 1.87. The van der Waals surface area contributed by atoms with Crippen LogP contribution in [0.4, 0.5) is 9.52 Å². The number of anilines is 1. The van der Waals surface area contributed by atoms with Crippen molar-refractivity contribution in [1.29, 1.82) is 0 Å². The SMILES string of the molecule is NC(=O)C(c1ccccc1)N(C(=O)c1cnc(N)s1)[C@@H]1CCc2c(F)cc(Cl)cc21. The molecule has 1 aromatic heterocycles. The highest BCUT2D eigenvalue weighted by molar-refractivity contribution is 7.17. The predicted octanol–water partition coefficient (Wildman–Crippen LogP) is 3.87. The van der Waals surface area contributed by atoms with Crippen LogP contribution in [0.5, 0.6) is 0 Å². The molecule has 1 aliphatic rings. The topological polar surface area (TPSA) is 102 Å². The second-order valence-electron chi connectivity index (χ2n) is 7.00. The number of nitrogen functional groups attached to an aromatic ring is 1. The Hall–Kier alpha value is -2.97. The molecule has 4 N–H and O–H groups in total. The highest BCUT2D eigenvalue weighted by Crippen LogP contribution is 2.43. The maximum absolute atomic E-state index is 14.5. The highest BCUT2D eigenvalue weighted by Gasteiger charge is 2.40. The number of hydrogen-bond donors (Lipinski definition) is 2. The van der Waals surface area contributed by atoms with Gasteiger partial charge in [-0.25, -0.2) is 9.37 Å². The molecule has 1 aliphatic carbocycles. The number of carbonyl (C=O) groups excluding carboxylic acids is 2. The minimum atomic E-state index is -1.06. The zero-order valence-electron chi connectivity index (χ0n) is 15.7. The number of aromatic nitrogens is 1. The number of carbonyl (C=O) groups is 2. The van der Waals surface area contributed by atoms with E-state index in [1.165, 1.54) is 17.2 Å². The number of rotatable bonds is 5. The molecular formula is C21H18ClFN4O2S. The number of benzene rings is 2. The van der Waals surface area contributed by atoms with Gasteiger partial charge < -0.3 is 16.4 Å². The highest BCUT2D eigenvalue weighted by atomic mass is 35.5. The maximum Gasteiger partial charge on any atom is 0.267 e. The minimum Gasteiger partial charge on any atom is -0.375 e. The van der Waals surface area contributed by atoms with E-state index >= 15 is 0 Å². The molecule has 6 nitrogen and oxygen atoms in total. The van der Waals surface area contributed by atoms with Gasteiger partial charge in [-0.2, -0.15) is 0 Å². The van der Waals surface area contributed by atoms with Gasteiger partial charge in [0.25, 0.3) is 5.91 Å². The summed E-state index contributed by atoms with van der Waals surface area (Å²) >= 11 is 7.12. The predicted molar refractivity (Wildman–Crippen MR) is 114 cm³/mol. The van der Waals surface area contributed by atoms with Crippen LogP contribution in [0.25, 0.3) is 0 Å².